The maximum atomic E-state index is 15.6. The van der Waals surface area contributed by atoms with Crippen molar-refractivity contribution in [2.45, 2.75) is 90.1 Å². The van der Waals surface area contributed by atoms with Crippen LogP contribution in [0.4, 0.5) is 10.1 Å². The Bertz CT molecular complexity index is 1450. The minimum absolute atomic E-state index is 0.0356. The maximum absolute atomic E-state index is 15.6. The number of phenolic OH excluding ortho intramolecular Hbond substituents is 1. The molecule has 2 aliphatic rings. The molecule has 0 radical (unpaired) electrons. The van der Waals surface area contributed by atoms with Crippen LogP contribution in [0.5, 0.6) is 23.0 Å². The van der Waals surface area contributed by atoms with Gasteiger partial charge in [-0.3, -0.25) is 4.90 Å². The third-order valence-electron chi connectivity index (χ3n) is 9.58. The van der Waals surface area contributed by atoms with E-state index >= 15 is 4.39 Å². The molecule has 7 heteroatoms. The van der Waals surface area contributed by atoms with E-state index in [0.717, 1.165) is 54.7 Å². The van der Waals surface area contributed by atoms with Crippen molar-refractivity contribution in [2.24, 2.45) is 0 Å². The zero-order valence-electron chi connectivity index (χ0n) is 26.6. The maximum Gasteiger partial charge on any atom is 0.199 e. The second-order valence-electron chi connectivity index (χ2n) is 13.3. The normalized spacial score (nSPS) is 17.7. The number of nitrogens with zero attached hydrogens (tertiary/aromatic N) is 1. The van der Waals surface area contributed by atoms with E-state index in [-0.39, 0.29) is 34.0 Å². The second-order valence-corrected chi connectivity index (χ2v) is 13.3. The largest absolute Gasteiger partial charge is 0.507 e. The molecule has 0 bridgehead atoms. The van der Waals surface area contributed by atoms with Gasteiger partial charge in [-0.1, -0.05) is 18.2 Å². The van der Waals surface area contributed by atoms with Crippen molar-refractivity contribution in [1.29, 1.82) is 0 Å². The summed E-state index contributed by atoms with van der Waals surface area (Å²) in [6.45, 7) is 10.8. The Morgan fingerprint density at radius 2 is 1.51 bits per heavy atom. The first kappa shape index (κ1) is 31.0. The van der Waals surface area contributed by atoms with Crippen molar-refractivity contribution in [2.75, 3.05) is 33.1 Å². The van der Waals surface area contributed by atoms with Gasteiger partial charge in [0.25, 0.3) is 0 Å². The van der Waals surface area contributed by atoms with Crippen molar-refractivity contribution < 1.29 is 23.7 Å². The molecule has 43 heavy (non-hydrogen) atoms. The van der Waals surface area contributed by atoms with Crippen molar-refractivity contribution in [3.63, 3.8) is 0 Å². The topological polar surface area (TPSA) is 77.2 Å². The summed E-state index contributed by atoms with van der Waals surface area (Å²) >= 11 is 0. The summed E-state index contributed by atoms with van der Waals surface area (Å²) in [6, 6.07) is 11.6. The molecule has 0 spiro atoms. The highest BCUT2D eigenvalue weighted by atomic mass is 19.1. The van der Waals surface area contributed by atoms with Crippen LogP contribution in [-0.4, -0.2) is 48.5 Å². The number of hydrogen-bond acceptors (Lipinski definition) is 6. The zero-order chi connectivity index (χ0) is 30.9. The number of likely N-dealkylation sites (tertiary alicyclic amines) is 1. The lowest BCUT2D eigenvalue weighted by Gasteiger charge is -2.53. The van der Waals surface area contributed by atoms with Crippen LogP contribution in [0.15, 0.2) is 36.4 Å². The summed E-state index contributed by atoms with van der Waals surface area (Å²) < 4.78 is 33.0. The van der Waals surface area contributed by atoms with Crippen molar-refractivity contribution in [3.8, 4) is 34.1 Å². The lowest BCUT2D eigenvalue weighted by Crippen LogP contribution is -2.59. The Kier molecular flexibility index (Phi) is 8.85. The number of ether oxygens (including phenoxy) is 3. The standard InChI is InChI=1S/C36H47FN2O4/c1-35(2)18-9-19-36(3,4)39(35)20-21-43-25-15-12-23(13-16-25)22-27-30(32(38)31(37)34(42-6)33(27)41-5)29-26-11-8-7-10-24(26)14-17-28(29)40/h12-17,40H,7-11,18-22,38H2,1-6H3. The molecular weight excluding hydrogens is 543 g/mol. The fourth-order valence-corrected chi connectivity index (χ4v) is 7.50. The van der Waals surface area contributed by atoms with Crippen LogP contribution in [0.1, 0.15) is 82.1 Å². The van der Waals surface area contributed by atoms with Crippen LogP contribution >= 0.6 is 0 Å². The molecule has 1 aliphatic heterocycles. The summed E-state index contributed by atoms with van der Waals surface area (Å²) in [4.78, 5) is 2.58. The van der Waals surface area contributed by atoms with E-state index in [9.17, 15) is 5.11 Å². The number of halogens is 1. The van der Waals surface area contributed by atoms with Crippen LogP contribution in [0.2, 0.25) is 0 Å². The van der Waals surface area contributed by atoms with E-state index in [1.807, 2.05) is 30.3 Å². The number of piperidine rings is 1. The number of aromatic hydroxyl groups is 1. The number of benzene rings is 3. The van der Waals surface area contributed by atoms with Gasteiger partial charge in [-0.2, -0.15) is 0 Å². The average Bonchev–Trinajstić information content (AvgIpc) is 2.97. The molecule has 0 saturated carbocycles. The molecule has 0 atom stereocenters. The molecule has 1 saturated heterocycles. The summed E-state index contributed by atoms with van der Waals surface area (Å²) in [7, 11) is 2.91. The Morgan fingerprint density at radius 3 is 2.16 bits per heavy atom. The molecule has 3 N–H and O–H groups in total. The Balaban J connectivity index is 1.44. The summed E-state index contributed by atoms with van der Waals surface area (Å²) in [5, 5.41) is 11.1. The van der Waals surface area contributed by atoms with E-state index in [2.05, 4.69) is 32.6 Å². The lowest BCUT2D eigenvalue weighted by molar-refractivity contribution is -0.0340. The van der Waals surface area contributed by atoms with E-state index in [1.54, 1.807) is 6.07 Å². The van der Waals surface area contributed by atoms with Gasteiger partial charge in [0, 0.05) is 40.7 Å². The highest BCUT2D eigenvalue weighted by Crippen LogP contribution is 2.50. The van der Waals surface area contributed by atoms with Gasteiger partial charge in [0.2, 0.25) is 0 Å². The third-order valence-corrected chi connectivity index (χ3v) is 9.58. The number of methoxy groups -OCH3 is 2. The average molecular weight is 591 g/mol. The molecular formula is C36H47FN2O4. The number of nitrogen functional groups attached to an aromatic ring is 1. The predicted octanol–water partition coefficient (Wildman–Crippen LogP) is 7.69. The molecule has 3 aromatic carbocycles. The van der Waals surface area contributed by atoms with Gasteiger partial charge in [0.05, 0.1) is 19.9 Å². The zero-order valence-corrected chi connectivity index (χ0v) is 26.6. The van der Waals surface area contributed by atoms with Gasteiger partial charge >= 0.3 is 0 Å². The fourth-order valence-electron chi connectivity index (χ4n) is 7.50. The number of rotatable bonds is 9. The summed E-state index contributed by atoms with van der Waals surface area (Å²) in [5.74, 6) is 0.448. The molecule has 0 amide bonds. The fraction of sp³-hybridized carbons (Fsp3) is 0.500. The van der Waals surface area contributed by atoms with Crippen molar-refractivity contribution in [3.05, 3.63) is 64.5 Å². The molecule has 5 rings (SSSR count). The minimum atomic E-state index is -0.685. The monoisotopic (exact) mass is 590 g/mol. The van der Waals surface area contributed by atoms with Crippen molar-refractivity contribution >= 4 is 5.69 Å². The van der Waals surface area contributed by atoms with Gasteiger partial charge in [-0.25, -0.2) is 4.39 Å². The van der Waals surface area contributed by atoms with Crippen LogP contribution in [0.3, 0.4) is 0 Å². The molecule has 6 nitrogen and oxygen atoms in total. The predicted molar refractivity (Wildman–Crippen MR) is 171 cm³/mol. The van der Waals surface area contributed by atoms with Gasteiger partial charge in [0.15, 0.2) is 17.3 Å². The molecule has 0 unspecified atom stereocenters. The molecule has 1 heterocycles. The number of hydrogen-bond donors (Lipinski definition) is 2. The van der Waals surface area contributed by atoms with Gasteiger partial charge in [0.1, 0.15) is 18.1 Å². The summed E-state index contributed by atoms with van der Waals surface area (Å²) in [6.07, 6.45) is 7.85. The lowest BCUT2D eigenvalue weighted by atomic mass is 9.80. The second kappa shape index (κ2) is 12.3. The number of aryl methyl sites for hydroxylation is 1. The Hall–Kier alpha value is -3.45. The first-order valence-corrected chi connectivity index (χ1v) is 15.5. The first-order valence-electron chi connectivity index (χ1n) is 15.5. The van der Waals surface area contributed by atoms with E-state index in [1.165, 1.54) is 33.5 Å². The van der Waals surface area contributed by atoms with Crippen LogP contribution in [0, 0.1) is 5.82 Å². The van der Waals surface area contributed by atoms with E-state index < -0.39 is 5.82 Å². The highest BCUT2D eigenvalue weighted by Gasteiger charge is 2.40. The smallest absolute Gasteiger partial charge is 0.199 e. The van der Waals surface area contributed by atoms with Crippen LogP contribution in [0.25, 0.3) is 11.1 Å². The van der Waals surface area contributed by atoms with Gasteiger partial charge in [-0.05, 0) is 108 Å². The molecule has 1 aliphatic carbocycles. The molecule has 232 valence electrons. The number of nitrogens with two attached hydrogens (primary N) is 1. The first-order chi connectivity index (χ1) is 20.5. The molecule has 3 aromatic rings. The Labute approximate surface area is 256 Å². The minimum Gasteiger partial charge on any atom is -0.507 e. The molecule has 1 fully saturated rings. The third kappa shape index (κ3) is 6.01. The highest BCUT2D eigenvalue weighted by molar-refractivity contribution is 5.89. The van der Waals surface area contributed by atoms with E-state index in [0.29, 0.717) is 29.7 Å². The van der Waals surface area contributed by atoms with Crippen LogP contribution < -0.4 is 19.9 Å². The summed E-state index contributed by atoms with van der Waals surface area (Å²) in [5.41, 5.74) is 11.7. The van der Waals surface area contributed by atoms with Gasteiger partial charge < -0.3 is 25.1 Å². The van der Waals surface area contributed by atoms with E-state index in [4.69, 9.17) is 19.9 Å². The molecule has 0 aromatic heterocycles. The van der Waals surface area contributed by atoms with Crippen molar-refractivity contribution in [1.82, 2.24) is 4.90 Å². The quantitative estimate of drug-likeness (QED) is 0.249. The number of fused-ring (bicyclic) bond motifs is 1. The Morgan fingerprint density at radius 1 is 0.860 bits per heavy atom. The van der Waals surface area contributed by atoms with Crippen LogP contribution in [-0.2, 0) is 19.3 Å². The SMILES string of the molecule is COc1c(F)c(N)c(-c2c(O)ccc3c2CCCC3)c(Cc2ccc(OCCN3C(C)(C)CCCC3(C)C)cc2)c1OC. The number of phenols is 1. The number of anilines is 1. The van der Waals surface area contributed by atoms with Gasteiger partial charge in [-0.15, -0.1) is 0 Å².